The van der Waals surface area contributed by atoms with Gasteiger partial charge in [-0.3, -0.25) is 0 Å². The van der Waals surface area contributed by atoms with Crippen molar-refractivity contribution in [3.05, 3.63) is 49.6 Å². The Labute approximate surface area is 126 Å². The van der Waals surface area contributed by atoms with E-state index < -0.39 is 0 Å². The molecule has 0 radical (unpaired) electrons. The van der Waals surface area contributed by atoms with Gasteiger partial charge in [-0.25, -0.2) is 0 Å². The maximum absolute atomic E-state index is 6.13. The maximum Gasteiger partial charge on any atom is 0.138 e. The number of ether oxygens (including phenoxy) is 1. The van der Waals surface area contributed by atoms with Crippen LogP contribution < -0.4 is 4.74 Å². The van der Waals surface area contributed by atoms with Crippen LogP contribution in [0.25, 0.3) is 0 Å². The van der Waals surface area contributed by atoms with Crippen LogP contribution in [-0.2, 0) is 11.9 Å². The number of halogens is 3. The third-order valence-corrected chi connectivity index (χ3v) is 4.69. The van der Waals surface area contributed by atoms with E-state index in [1.54, 1.807) is 11.3 Å². The summed E-state index contributed by atoms with van der Waals surface area (Å²) in [5.41, 5.74) is 1.14. The monoisotopic (exact) mass is 394 g/mol. The van der Waals surface area contributed by atoms with E-state index in [-0.39, 0.29) is 0 Å². The van der Waals surface area contributed by atoms with Crippen LogP contribution in [0.15, 0.2) is 34.1 Å². The molecule has 2 rings (SSSR count). The van der Waals surface area contributed by atoms with Crippen LogP contribution in [0.4, 0.5) is 0 Å². The van der Waals surface area contributed by atoms with Crippen LogP contribution >= 0.6 is 54.8 Å². The average molecular weight is 397 g/mol. The molecule has 0 bridgehead atoms. The molecule has 0 fully saturated rings. The fourth-order valence-corrected chi connectivity index (χ4v) is 3.33. The molecule has 90 valence electrons. The minimum Gasteiger partial charge on any atom is -0.487 e. The number of benzene rings is 1. The van der Waals surface area contributed by atoms with Gasteiger partial charge in [-0.05, 0) is 45.8 Å². The molecular formula is C12H9Br2ClOS. The Morgan fingerprint density at radius 3 is 2.65 bits per heavy atom. The van der Waals surface area contributed by atoms with Crippen molar-refractivity contribution in [1.29, 1.82) is 0 Å². The van der Waals surface area contributed by atoms with Crippen molar-refractivity contribution >= 4 is 54.8 Å². The maximum atomic E-state index is 6.13. The van der Waals surface area contributed by atoms with E-state index in [9.17, 15) is 0 Å². The van der Waals surface area contributed by atoms with Crippen molar-refractivity contribution in [2.24, 2.45) is 0 Å². The lowest BCUT2D eigenvalue weighted by atomic mass is 10.2. The summed E-state index contributed by atoms with van der Waals surface area (Å²) in [5, 5.41) is 1.45. The zero-order chi connectivity index (χ0) is 12.3. The quantitative estimate of drug-likeness (QED) is 0.608. The summed E-state index contributed by atoms with van der Waals surface area (Å²) in [6, 6.07) is 9.87. The Hall–Kier alpha value is -0.0300. The molecule has 0 atom stereocenters. The Morgan fingerprint density at radius 1 is 1.24 bits per heavy atom. The van der Waals surface area contributed by atoms with E-state index in [0.29, 0.717) is 11.6 Å². The van der Waals surface area contributed by atoms with Crippen LogP contribution in [-0.4, -0.2) is 0 Å². The van der Waals surface area contributed by atoms with Crippen molar-refractivity contribution in [2.75, 3.05) is 0 Å². The minimum atomic E-state index is 0.545. The standard InChI is InChI=1S/C12H9Br2ClOS/c13-6-8-1-3-11(10(15)5-8)16-7-9-2-4-12(14)17-9/h1-5H,6-7H2. The van der Waals surface area contributed by atoms with Crippen molar-refractivity contribution in [1.82, 2.24) is 0 Å². The zero-order valence-corrected chi connectivity index (χ0v) is 13.5. The molecule has 2 aromatic rings. The van der Waals surface area contributed by atoms with Crippen LogP contribution in [0.1, 0.15) is 10.4 Å². The Morgan fingerprint density at radius 2 is 2.06 bits per heavy atom. The first-order valence-corrected chi connectivity index (χ1v) is 8.01. The third-order valence-electron chi connectivity index (χ3n) is 2.15. The van der Waals surface area contributed by atoms with E-state index in [2.05, 4.69) is 31.9 Å². The second kappa shape index (κ2) is 6.23. The summed E-state index contributed by atoms with van der Waals surface area (Å²) in [6.07, 6.45) is 0. The Kier molecular flexibility index (Phi) is 4.91. The SMILES string of the molecule is Clc1cc(CBr)ccc1OCc1ccc(Br)s1. The van der Waals surface area contributed by atoms with Crippen molar-refractivity contribution in [3.8, 4) is 5.75 Å². The Balaban J connectivity index is 2.04. The zero-order valence-electron chi connectivity index (χ0n) is 8.75. The van der Waals surface area contributed by atoms with E-state index in [1.165, 1.54) is 0 Å². The summed E-state index contributed by atoms with van der Waals surface area (Å²) in [5.74, 6) is 0.723. The Bertz CT molecular complexity index is 513. The van der Waals surface area contributed by atoms with Gasteiger partial charge in [0, 0.05) is 10.2 Å². The van der Waals surface area contributed by atoms with Crippen molar-refractivity contribution in [3.63, 3.8) is 0 Å². The van der Waals surface area contributed by atoms with Crippen LogP contribution in [0, 0.1) is 0 Å². The van der Waals surface area contributed by atoms with Gasteiger partial charge in [-0.2, -0.15) is 0 Å². The number of rotatable bonds is 4. The molecule has 0 saturated heterocycles. The summed E-state index contributed by atoms with van der Waals surface area (Å²) in [7, 11) is 0. The lowest BCUT2D eigenvalue weighted by Crippen LogP contribution is -1.93. The van der Waals surface area contributed by atoms with Gasteiger partial charge < -0.3 is 4.74 Å². The molecule has 0 amide bonds. The topological polar surface area (TPSA) is 9.23 Å². The predicted molar refractivity (Wildman–Crippen MR) is 80.4 cm³/mol. The highest BCUT2D eigenvalue weighted by molar-refractivity contribution is 9.11. The second-order valence-corrected chi connectivity index (χ2v) is 6.91. The molecule has 1 aromatic heterocycles. The van der Waals surface area contributed by atoms with Crippen LogP contribution in [0.2, 0.25) is 5.02 Å². The van der Waals surface area contributed by atoms with Gasteiger partial charge >= 0.3 is 0 Å². The van der Waals surface area contributed by atoms with Crippen molar-refractivity contribution in [2.45, 2.75) is 11.9 Å². The molecule has 0 aliphatic carbocycles. The first-order chi connectivity index (χ1) is 8.19. The molecule has 0 saturated carbocycles. The molecule has 0 spiro atoms. The van der Waals surface area contributed by atoms with Crippen molar-refractivity contribution < 1.29 is 4.74 Å². The van der Waals surface area contributed by atoms with Gasteiger partial charge in [0.2, 0.25) is 0 Å². The van der Waals surface area contributed by atoms with E-state index in [0.717, 1.165) is 25.3 Å². The molecule has 1 heterocycles. The minimum absolute atomic E-state index is 0.545. The van der Waals surface area contributed by atoms with Gasteiger partial charge in [-0.15, -0.1) is 11.3 Å². The molecule has 0 unspecified atom stereocenters. The summed E-state index contributed by atoms with van der Waals surface area (Å²) in [4.78, 5) is 1.16. The first kappa shape index (κ1) is 13.4. The predicted octanol–water partition coefficient (Wildman–Crippen LogP) is 5.64. The molecule has 0 N–H and O–H groups in total. The van der Waals surface area contributed by atoms with E-state index >= 15 is 0 Å². The fraction of sp³-hybridized carbons (Fsp3) is 0.167. The highest BCUT2D eigenvalue weighted by Crippen LogP contribution is 2.28. The number of alkyl halides is 1. The normalized spacial score (nSPS) is 10.5. The largest absolute Gasteiger partial charge is 0.487 e. The molecule has 1 aromatic carbocycles. The van der Waals surface area contributed by atoms with Crippen LogP contribution in [0.3, 0.4) is 0 Å². The number of thiophene rings is 1. The highest BCUT2D eigenvalue weighted by Gasteiger charge is 2.04. The molecule has 5 heteroatoms. The van der Waals surface area contributed by atoms with Gasteiger partial charge in [0.05, 0.1) is 8.81 Å². The number of hydrogen-bond donors (Lipinski definition) is 0. The summed E-state index contributed by atoms with van der Waals surface area (Å²) in [6.45, 7) is 0.545. The molecule has 1 nitrogen and oxygen atoms in total. The molecule has 17 heavy (non-hydrogen) atoms. The molecular weight excluding hydrogens is 387 g/mol. The second-order valence-electron chi connectivity index (χ2n) is 3.39. The lowest BCUT2D eigenvalue weighted by Gasteiger charge is -2.07. The van der Waals surface area contributed by atoms with Crippen LogP contribution in [0.5, 0.6) is 5.75 Å². The van der Waals surface area contributed by atoms with E-state index in [1.807, 2.05) is 30.3 Å². The smallest absolute Gasteiger partial charge is 0.138 e. The highest BCUT2D eigenvalue weighted by atomic mass is 79.9. The third kappa shape index (κ3) is 3.71. The van der Waals surface area contributed by atoms with Gasteiger partial charge in [0.25, 0.3) is 0 Å². The molecule has 0 aliphatic rings. The lowest BCUT2D eigenvalue weighted by molar-refractivity contribution is 0.310. The summed E-state index contributed by atoms with van der Waals surface area (Å²) < 4.78 is 6.79. The van der Waals surface area contributed by atoms with Gasteiger partial charge in [0.1, 0.15) is 12.4 Å². The summed E-state index contributed by atoms with van der Waals surface area (Å²) >= 11 is 14.6. The first-order valence-electron chi connectivity index (χ1n) is 4.90. The average Bonchev–Trinajstić information content (AvgIpc) is 2.73. The van der Waals surface area contributed by atoms with E-state index in [4.69, 9.17) is 16.3 Å². The fourth-order valence-electron chi connectivity index (χ4n) is 1.32. The van der Waals surface area contributed by atoms with Gasteiger partial charge in [-0.1, -0.05) is 33.6 Å². The molecule has 0 aliphatic heterocycles. The number of hydrogen-bond acceptors (Lipinski definition) is 2. The van der Waals surface area contributed by atoms with Gasteiger partial charge in [0.15, 0.2) is 0 Å².